The minimum atomic E-state index is -4.45. The number of fused-ring (bicyclic) bond motifs is 1. The van der Waals surface area contributed by atoms with Gasteiger partial charge >= 0.3 is 6.18 Å². The van der Waals surface area contributed by atoms with Gasteiger partial charge in [-0.05, 0) is 61.4 Å². The molecule has 0 radical (unpaired) electrons. The number of amides is 2. The summed E-state index contributed by atoms with van der Waals surface area (Å²) in [7, 11) is 0. The van der Waals surface area contributed by atoms with Crippen LogP contribution in [-0.4, -0.2) is 44.3 Å². The fourth-order valence-electron chi connectivity index (χ4n) is 4.32. The minimum absolute atomic E-state index is 0.153. The van der Waals surface area contributed by atoms with Crippen LogP contribution in [0.3, 0.4) is 0 Å². The lowest BCUT2D eigenvalue weighted by Crippen LogP contribution is -2.41. The minimum Gasteiger partial charge on any atom is -0.339 e. The molecule has 2 aromatic heterocycles. The van der Waals surface area contributed by atoms with Gasteiger partial charge in [0, 0.05) is 24.6 Å². The second-order valence-electron chi connectivity index (χ2n) is 8.64. The van der Waals surface area contributed by atoms with Gasteiger partial charge in [-0.25, -0.2) is 9.97 Å². The van der Waals surface area contributed by atoms with Gasteiger partial charge in [-0.3, -0.25) is 14.2 Å². The molecule has 0 aliphatic carbocycles. The molecule has 0 bridgehead atoms. The fraction of sp³-hybridized carbons (Fsp3) is 0.231. The molecule has 1 aliphatic heterocycles. The van der Waals surface area contributed by atoms with Crippen molar-refractivity contribution in [3.05, 3.63) is 84.3 Å². The Morgan fingerprint density at radius 2 is 1.64 bits per heavy atom. The molecular weight excluding hydrogens is 471 g/mol. The molecular formula is C26H22F3N5O2. The summed E-state index contributed by atoms with van der Waals surface area (Å²) < 4.78 is 40.1. The molecule has 0 unspecified atom stereocenters. The summed E-state index contributed by atoms with van der Waals surface area (Å²) in [5.41, 5.74) is 1.76. The number of carbonyl (C=O) groups is 2. The van der Waals surface area contributed by atoms with E-state index in [-0.39, 0.29) is 23.3 Å². The summed E-state index contributed by atoms with van der Waals surface area (Å²) in [6.45, 7) is 0.700. The number of imidazole rings is 1. The molecule has 0 saturated carbocycles. The monoisotopic (exact) mass is 493 g/mol. The van der Waals surface area contributed by atoms with Gasteiger partial charge in [-0.1, -0.05) is 12.1 Å². The van der Waals surface area contributed by atoms with Gasteiger partial charge in [-0.15, -0.1) is 0 Å². The van der Waals surface area contributed by atoms with E-state index in [9.17, 15) is 22.8 Å². The van der Waals surface area contributed by atoms with Crippen molar-refractivity contribution < 1.29 is 22.8 Å². The molecule has 5 rings (SSSR count). The van der Waals surface area contributed by atoms with Gasteiger partial charge in [-0.2, -0.15) is 13.2 Å². The first-order valence-electron chi connectivity index (χ1n) is 11.5. The van der Waals surface area contributed by atoms with E-state index in [2.05, 4.69) is 15.3 Å². The number of benzene rings is 2. The number of likely N-dealkylation sites (tertiary alicyclic amines) is 1. The molecule has 36 heavy (non-hydrogen) atoms. The molecule has 0 spiro atoms. The third-order valence-corrected chi connectivity index (χ3v) is 6.33. The maximum absolute atomic E-state index is 12.8. The first-order chi connectivity index (χ1) is 17.3. The quantitative estimate of drug-likeness (QED) is 0.437. The molecule has 10 heteroatoms. The van der Waals surface area contributed by atoms with Crippen LogP contribution in [0, 0.1) is 5.92 Å². The van der Waals surface area contributed by atoms with Gasteiger partial charge in [0.2, 0.25) is 5.91 Å². The number of alkyl halides is 3. The van der Waals surface area contributed by atoms with Gasteiger partial charge < -0.3 is 10.2 Å². The number of para-hydroxylation sites is 2. The summed E-state index contributed by atoms with van der Waals surface area (Å²) in [5, 5.41) is 2.88. The smallest absolute Gasteiger partial charge is 0.339 e. The number of pyridine rings is 1. The highest BCUT2D eigenvalue weighted by molar-refractivity contribution is 5.95. The van der Waals surface area contributed by atoms with Gasteiger partial charge in [0.25, 0.3) is 5.91 Å². The Labute approximate surface area is 204 Å². The molecule has 0 atom stereocenters. The number of anilines is 1. The lowest BCUT2D eigenvalue weighted by molar-refractivity contribution is -0.137. The Balaban J connectivity index is 1.16. The van der Waals surface area contributed by atoms with Crippen molar-refractivity contribution in [3.63, 3.8) is 0 Å². The topological polar surface area (TPSA) is 80.1 Å². The predicted octanol–water partition coefficient (Wildman–Crippen LogP) is 4.93. The Kier molecular flexibility index (Phi) is 6.17. The first kappa shape index (κ1) is 23.5. The molecule has 184 valence electrons. The van der Waals surface area contributed by atoms with Crippen LogP contribution in [0.1, 0.15) is 28.8 Å². The van der Waals surface area contributed by atoms with Crippen molar-refractivity contribution in [2.75, 3.05) is 18.4 Å². The highest BCUT2D eigenvalue weighted by Gasteiger charge is 2.31. The van der Waals surface area contributed by atoms with Crippen LogP contribution in [-0.2, 0) is 11.0 Å². The summed E-state index contributed by atoms with van der Waals surface area (Å²) in [4.78, 5) is 35.8. The predicted molar refractivity (Wildman–Crippen MR) is 128 cm³/mol. The Bertz CT molecular complexity index is 1390. The maximum atomic E-state index is 12.8. The molecule has 1 saturated heterocycles. The zero-order valence-electron chi connectivity index (χ0n) is 19.1. The molecule has 4 aromatic rings. The fourth-order valence-corrected chi connectivity index (χ4v) is 4.32. The van der Waals surface area contributed by atoms with Gasteiger partial charge in [0.1, 0.15) is 12.1 Å². The lowest BCUT2D eigenvalue weighted by Gasteiger charge is -2.31. The SMILES string of the molecule is O=C(Nc1ccc(-n2cnc3ccccc32)nc1)C1CCN(C(=O)c2ccc(C(F)(F)F)cc2)CC1. The third-order valence-electron chi connectivity index (χ3n) is 6.33. The number of nitrogens with one attached hydrogen (secondary N) is 1. The van der Waals surface area contributed by atoms with Crippen LogP contribution in [0.5, 0.6) is 0 Å². The van der Waals surface area contributed by atoms with Crippen molar-refractivity contribution >= 4 is 28.5 Å². The van der Waals surface area contributed by atoms with Gasteiger partial charge in [0.05, 0.1) is 28.5 Å². The maximum Gasteiger partial charge on any atom is 0.416 e. The summed E-state index contributed by atoms with van der Waals surface area (Å²) in [6.07, 6.45) is -0.233. The molecule has 3 heterocycles. The number of hydrogen-bond donors (Lipinski definition) is 1. The van der Waals surface area contributed by atoms with E-state index in [0.717, 1.165) is 23.2 Å². The number of hydrogen-bond acceptors (Lipinski definition) is 4. The zero-order chi connectivity index (χ0) is 25.3. The second kappa shape index (κ2) is 9.44. The van der Waals surface area contributed by atoms with E-state index in [1.54, 1.807) is 29.6 Å². The normalized spacial score (nSPS) is 14.7. The van der Waals surface area contributed by atoms with Crippen LogP contribution in [0.25, 0.3) is 16.9 Å². The van der Waals surface area contributed by atoms with Crippen LogP contribution in [0.4, 0.5) is 18.9 Å². The molecule has 2 aromatic carbocycles. The Morgan fingerprint density at radius 3 is 2.31 bits per heavy atom. The van der Waals surface area contributed by atoms with E-state index < -0.39 is 11.7 Å². The molecule has 7 nitrogen and oxygen atoms in total. The van der Waals surface area contributed by atoms with E-state index in [1.165, 1.54) is 12.1 Å². The summed E-state index contributed by atoms with van der Waals surface area (Å²) >= 11 is 0. The number of nitrogens with zero attached hydrogens (tertiary/aromatic N) is 4. The number of piperidine rings is 1. The molecule has 2 amide bonds. The van der Waals surface area contributed by atoms with Crippen LogP contribution < -0.4 is 5.32 Å². The number of carbonyl (C=O) groups excluding carboxylic acids is 2. The Hall–Kier alpha value is -4.21. The third kappa shape index (κ3) is 4.79. The standard InChI is InChI=1S/C26H22F3N5O2/c27-26(28,29)19-7-5-18(6-8-19)25(36)33-13-11-17(12-14-33)24(35)32-20-9-10-23(30-15-20)34-16-31-21-3-1-2-4-22(21)34/h1-10,15-17H,11-14H2,(H,32,35). The summed E-state index contributed by atoms with van der Waals surface area (Å²) in [5.74, 6) is -0.0932. The zero-order valence-corrected chi connectivity index (χ0v) is 19.1. The van der Waals surface area contributed by atoms with E-state index in [0.29, 0.717) is 37.4 Å². The van der Waals surface area contributed by atoms with Gasteiger partial charge in [0.15, 0.2) is 0 Å². The highest BCUT2D eigenvalue weighted by atomic mass is 19.4. The van der Waals surface area contributed by atoms with E-state index >= 15 is 0 Å². The van der Waals surface area contributed by atoms with E-state index in [4.69, 9.17) is 0 Å². The molecule has 1 N–H and O–H groups in total. The van der Waals surface area contributed by atoms with Crippen LogP contribution >= 0.6 is 0 Å². The number of halogens is 3. The lowest BCUT2D eigenvalue weighted by atomic mass is 9.95. The van der Waals surface area contributed by atoms with Crippen molar-refractivity contribution in [1.29, 1.82) is 0 Å². The van der Waals surface area contributed by atoms with Crippen molar-refractivity contribution in [1.82, 2.24) is 19.4 Å². The van der Waals surface area contributed by atoms with E-state index in [1.807, 2.05) is 28.8 Å². The number of aromatic nitrogens is 3. The van der Waals surface area contributed by atoms with Crippen molar-refractivity contribution in [2.24, 2.45) is 5.92 Å². The van der Waals surface area contributed by atoms with Crippen LogP contribution in [0.2, 0.25) is 0 Å². The number of rotatable bonds is 4. The van der Waals surface area contributed by atoms with Crippen molar-refractivity contribution in [2.45, 2.75) is 19.0 Å². The Morgan fingerprint density at radius 1 is 0.917 bits per heavy atom. The highest BCUT2D eigenvalue weighted by Crippen LogP contribution is 2.29. The average Bonchev–Trinajstić information content (AvgIpc) is 3.33. The summed E-state index contributed by atoms with van der Waals surface area (Å²) in [6, 6.07) is 15.5. The largest absolute Gasteiger partial charge is 0.416 e. The second-order valence-corrected chi connectivity index (χ2v) is 8.64. The molecule has 1 aliphatic rings. The molecule has 1 fully saturated rings. The first-order valence-corrected chi connectivity index (χ1v) is 11.5. The van der Waals surface area contributed by atoms with Crippen LogP contribution in [0.15, 0.2) is 73.2 Å². The van der Waals surface area contributed by atoms with Crippen molar-refractivity contribution in [3.8, 4) is 5.82 Å². The average molecular weight is 493 g/mol.